The van der Waals surface area contributed by atoms with Crippen molar-refractivity contribution in [2.75, 3.05) is 5.32 Å². The lowest BCUT2D eigenvalue weighted by molar-refractivity contribution is -0.115. The number of phenolic OH excluding ortho intramolecular Hbond substituents is 1. The summed E-state index contributed by atoms with van der Waals surface area (Å²) >= 11 is 6.03. The number of hydrogen-bond acceptors (Lipinski definition) is 4. The molecule has 5 nitrogen and oxygen atoms in total. The predicted molar refractivity (Wildman–Crippen MR) is 67.3 cm³/mol. The first kappa shape index (κ1) is 12.1. The maximum atomic E-state index is 11.3. The Morgan fingerprint density at radius 2 is 2.39 bits per heavy atom. The molecule has 0 aliphatic rings. The van der Waals surface area contributed by atoms with Crippen LogP contribution in [-0.4, -0.2) is 16.0 Å². The first-order valence-electron chi connectivity index (χ1n) is 5.06. The molecule has 2 N–H and O–H groups in total. The van der Waals surface area contributed by atoms with Crippen LogP contribution < -0.4 is 5.32 Å². The molecule has 0 bridgehead atoms. The number of rotatable bonds is 2. The Morgan fingerprint density at radius 3 is 3.11 bits per heavy atom. The number of halogens is 1. The van der Waals surface area contributed by atoms with E-state index in [9.17, 15) is 9.90 Å². The van der Waals surface area contributed by atoms with Gasteiger partial charge in [-0.25, -0.2) is 0 Å². The number of benzene rings is 1. The van der Waals surface area contributed by atoms with E-state index in [0.717, 1.165) is 0 Å². The summed E-state index contributed by atoms with van der Waals surface area (Å²) in [6.07, 6.45) is 1.22. The molecule has 2 aromatic rings. The molecule has 6 heteroatoms. The highest BCUT2D eigenvalue weighted by Gasteiger charge is 2.13. The number of aromatic nitrogens is 1. The number of anilines is 1. The third-order valence-corrected chi connectivity index (χ3v) is 2.64. The van der Waals surface area contributed by atoms with Gasteiger partial charge < -0.3 is 10.4 Å². The number of carbonyl (C=O) groups excluding carboxylic acids is 1. The molecule has 0 spiro atoms. The van der Waals surface area contributed by atoms with E-state index in [1.807, 2.05) is 0 Å². The minimum absolute atomic E-state index is 0.145. The SMILES string of the molecule is N#CCC(=O)Nc1cc(Cl)c2cccnc2c1O. The third kappa shape index (κ3) is 2.19. The topological polar surface area (TPSA) is 86.0 Å². The molecule has 1 aromatic heterocycles. The van der Waals surface area contributed by atoms with Crippen LogP contribution in [0.25, 0.3) is 10.9 Å². The van der Waals surface area contributed by atoms with Gasteiger partial charge >= 0.3 is 0 Å². The first-order chi connectivity index (χ1) is 8.63. The summed E-state index contributed by atoms with van der Waals surface area (Å²) in [5, 5.41) is 21.7. The van der Waals surface area contributed by atoms with Crippen molar-refractivity contribution in [3.63, 3.8) is 0 Å². The summed E-state index contributed by atoms with van der Waals surface area (Å²) in [4.78, 5) is 15.3. The van der Waals surface area contributed by atoms with Crippen molar-refractivity contribution < 1.29 is 9.90 Å². The number of pyridine rings is 1. The van der Waals surface area contributed by atoms with Gasteiger partial charge in [0.15, 0.2) is 5.75 Å². The Labute approximate surface area is 108 Å². The lowest BCUT2D eigenvalue weighted by Crippen LogP contribution is -2.10. The zero-order valence-electron chi connectivity index (χ0n) is 9.14. The second kappa shape index (κ2) is 4.90. The minimum atomic E-state index is -0.515. The van der Waals surface area contributed by atoms with Gasteiger partial charge in [-0.1, -0.05) is 11.6 Å². The molecule has 1 amide bonds. The van der Waals surface area contributed by atoms with Gasteiger partial charge in [-0.2, -0.15) is 5.26 Å². The Kier molecular flexibility index (Phi) is 3.31. The molecule has 0 aliphatic heterocycles. The van der Waals surface area contributed by atoms with Gasteiger partial charge in [0, 0.05) is 11.6 Å². The second-order valence-electron chi connectivity index (χ2n) is 3.54. The molecule has 0 saturated heterocycles. The number of amides is 1. The van der Waals surface area contributed by atoms with Crippen LogP contribution in [0.15, 0.2) is 24.4 Å². The monoisotopic (exact) mass is 261 g/mol. The average molecular weight is 262 g/mol. The fourth-order valence-electron chi connectivity index (χ4n) is 1.55. The van der Waals surface area contributed by atoms with E-state index in [1.54, 1.807) is 18.2 Å². The molecule has 90 valence electrons. The zero-order valence-corrected chi connectivity index (χ0v) is 9.90. The predicted octanol–water partition coefficient (Wildman–Crippen LogP) is 2.45. The number of aromatic hydroxyl groups is 1. The maximum Gasteiger partial charge on any atom is 0.238 e. The van der Waals surface area contributed by atoms with Gasteiger partial charge in [0.25, 0.3) is 0 Å². The van der Waals surface area contributed by atoms with E-state index in [1.165, 1.54) is 12.3 Å². The van der Waals surface area contributed by atoms with Gasteiger partial charge in [0.2, 0.25) is 5.91 Å². The molecular formula is C12H8ClN3O2. The summed E-state index contributed by atoms with van der Waals surface area (Å²) in [6, 6.07) is 6.55. The molecule has 0 fully saturated rings. The lowest BCUT2D eigenvalue weighted by atomic mass is 10.1. The van der Waals surface area contributed by atoms with Crippen molar-refractivity contribution in [3.8, 4) is 11.8 Å². The fraction of sp³-hybridized carbons (Fsp3) is 0.0833. The number of hydrogen-bond donors (Lipinski definition) is 2. The molecule has 0 radical (unpaired) electrons. The first-order valence-corrected chi connectivity index (χ1v) is 5.44. The van der Waals surface area contributed by atoms with E-state index in [-0.39, 0.29) is 17.9 Å². The van der Waals surface area contributed by atoms with Crippen LogP contribution in [0, 0.1) is 11.3 Å². The summed E-state index contributed by atoms with van der Waals surface area (Å²) in [5.74, 6) is -0.680. The van der Waals surface area contributed by atoms with Crippen LogP contribution in [0.4, 0.5) is 5.69 Å². The average Bonchev–Trinajstić information content (AvgIpc) is 2.36. The van der Waals surface area contributed by atoms with E-state index < -0.39 is 5.91 Å². The Balaban J connectivity index is 2.50. The van der Waals surface area contributed by atoms with E-state index >= 15 is 0 Å². The molecule has 1 aromatic carbocycles. The highest BCUT2D eigenvalue weighted by molar-refractivity contribution is 6.36. The maximum absolute atomic E-state index is 11.3. The summed E-state index contributed by atoms with van der Waals surface area (Å²) in [6.45, 7) is 0. The van der Waals surface area contributed by atoms with Gasteiger partial charge in [-0.05, 0) is 18.2 Å². The number of nitrogens with zero attached hydrogens (tertiary/aromatic N) is 2. The molecule has 0 atom stereocenters. The highest BCUT2D eigenvalue weighted by Crippen LogP contribution is 2.36. The van der Waals surface area contributed by atoms with Crippen LogP contribution in [0.1, 0.15) is 6.42 Å². The second-order valence-corrected chi connectivity index (χ2v) is 3.94. The normalized spacial score (nSPS) is 10.0. The number of carbonyl (C=O) groups is 1. The van der Waals surface area contributed by atoms with Gasteiger partial charge in [0.05, 0.1) is 16.8 Å². The van der Waals surface area contributed by atoms with Gasteiger partial charge in [0.1, 0.15) is 11.9 Å². The van der Waals surface area contributed by atoms with E-state index in [2.05, 4.69) is 10.3 Å². The van der Waals surface area contributed by atoms with Crippen molar-refractivity contribution >= 4 is 34.1 Å². The Bertz CT molecular complexity index is 664. The summed E-state index contributed by atoms with van der Waals surface area (Å²) < 4.78 is 0. The smallest absolute Gasteiger partial charge is 0.238 e. The summed E-state index contributed by atoms with van der Waals surface area (Å²) in [5.41, 5.74) is 0.448. The Morgan fingerprint density at radius 1 is 1.61 bits per heavy atom. The molecule has 0 unspecified atom stereocenters. The molecule has 18 heavy (non-hydrogen) atoms. The van der Waals surface area contributed by atoms with Crippen LogP contribution >= 0.6 is 11.6 Å². The van der Waals surface area contributed by atoms with E-state index in [4.69, 9.17) is 16.9 Å². The largest absolute Gasteiger partial charge is 0.504 e. The van der Waals surface area contributed by atoms with Crippen LogP contribution in [0.5, 0.6) is 5.75 Å². The van der Waals surface area contributed by atoms with Crippen LogP contribution in [0.3, 0.4) is 0 Å². The van der Waals surface area contributed by atoms with Crippen molar-refractivity contribution in [2.24, 2.45) is 0 Å². The minimum Gasteiger partial charge on any atom is -0.504 e. The Hall–Kier alpha value is -2.32. The third-order valence-electron chi connectivity index (χ3n) is 2.33. The van der Waals surface area contributed by atoms with Crippen molar-refractivity contribution in [1.29, 1.82) is 5.26 Å². The summed E-state index contributed by atoms with van der Waals surface area (Å²) in [7, 11) is 0. The fourth-order valence-corrected chi connectivity index (χ4v) is 1.81. The van der Waals surface area contributed by atoms with Crippen LogP contribution in [-0.2, 0) is 4.79 Å². The number of nitrogens with one attached hydrogen (secondary N) is 1. The van der Waals surface area contributed by atoms with Crippen molar-refractivity contribution in [3.05, 3.63) is 29.4 Å². The van der Waals surface area contributed by atoms with Gasteiger partial charge in [-0.3, -0.25) is 9.78 Å². The zero-order chi connectivity index (χ0) is 13.1. The van der Waals surface area contributed by atoms with Crippen molar-refractivity contribution in [2.45, 2.75) is 6.42 Å². The van der Waals surface area contributed by atoms with Crippen LogP contribution in [0.2, 0.25) is 5.02 Å². The molecule has 2 rings (SSSR count). The number of phenols is 1. The highest BCUT2D eigenvalue weighted by atomic mass is 35.5. The number of fused-ring (bicyclic) bond motifs is 1. The van der Waals surface area contributed by atoms with E-state index in [0.29, 0.717) is 15.9 Å². The number of nitriles is 1. The molecular weight excluding hydrogens is 254 g/mol. The standard InChI is InChI=1S/C12H8ClN3O2/c13-8-6-9(16-10(17)3-4-14)12(18)11-7(8)2-1-5-15-11/h1-2,5-6,18H,3H2,(H,16,17). The molecule has 1 heterocycles. The van der Waals surface area contributed by atoms with Crippen molar-refractivity contribution in [1.82, 2.24) is 4.98 Å². The molecule has 0 saturated carbocycles. The quantitative estimate of drug-likeness (QED) is 0.813. The lowest BCUT2D eigenvalue weighted by Gasteiger charge is -2.09. The molecule has 0 aliphatic carbocycles. The van der Waals surface area contributed by atoms with Gasteiger partial charge in [-0.15, -0.1) is 0 Å².